The lowest BCUT2D eigenvalue weighted by Crippen LogP contribution is -2.31. The Balaban J connectivity index is 2.29. The molecule has 0 aromatic carbocycles. The Morgan fingerprint density at radius 3 is 2.93 bits per heavy atom. The molecule has 0 radical (unpaired) electrons. The zero-order chi connectivity index (χ0) is 10.4. The summed E-state index contributed by atoms with van der Waals surface area (Å²) >= 11 is 0. The van der Waals surface area contributed by atoms with Gasteiger partial charge in [0.1, 0.15) is 0 Å². The van der Waals surface area contributed by atoms with Crippen LogP contribution in [0.3, 0.4) is 0 Å². The van der Waals surface area contributed by atoms with Gasteiger partial charge in [-0.1, -0.05) is 24.6 Å². The van der Waals surface area contributed by atoms with Gasteiger partial charge >= 0.3 is 6.03 Å². The van der Waals surface area contributed by atoms with Crippen molar-refractivity contribution < 1.29 is 4.79 Å². The predicted molar refractivity (Wildman–Crippen MR) is 53.1 cm³/mol. The summed E-state index contributed by atoms with van der Waals surface area (Å²) in [6.45, 7) is 4.61. The highest BCUT2D eigenvalue weighted by Gasteiger charge is 2.04. The second-order valence-corrected chi connectivity index (χ2v) is 3.21. The molecule has 0 bridgehead atoms. The van der Waals surface area contributed by atoms with Crippen molar-refractivity contribution in [1.82, 2.24) is 20.3 Å². The highest BCUT2D eigenvalue weighted by atomic mass is 16.2. The number of amides is 1. The standard InChI is InChI=1S/C9H16N4O/c1-3-4-5-6-10-9(14)13-11-7-8(2)12-13/h7H,3-6H2,1-2H3,(H,10,14). The third kappa shape index (κ3) is 3.16. The number of hydrogen-bond donors (Lipinski definition) is 1. The average Bonchev–Trinajstić information content (AvgIpc) is 2.59. The zero-order valence-corrected chi connectivity index (χ0v) is 8.66. The molecule has 5 heteroatoms. The van der Waals surface area contributed by atoms with E-state index in [9.17, 15) is 4.79 Å². The van der Waals surface area contributed by atoms with Crippen LogP contribution in [0.4, 0.5) is 4.79 Å². The largest absolute Gasteiger partial charge is 0.359 e. The van der Waals surface area contributed by atoms with Gasteiger partial charge in [-0.05, 0) is 13.3 Å². The minimum absolute atomic E-state index is 0.255. The second-order valence-electron chi connectivity index (χ2n) is 3.21. The van der Waals surface area contributed by atoms with Gasteiger partial charge < -0.3 is 5.32 Å². The molecule has 14 heavy (non-hydrogen) atoms. The smallest absolute Gasteiger partial charge is 0.335 e. The lowest BCUT2D eigenvalue weighted by Gasteiger charge is -2.02. The predicted octanol–water partition coefficient (Wildman–Crippen LogP) is 1.33. The van der Waals surface area contributed by atoms with Gasteiger partial charge in [-0.3, -0.25) is 0 Å². The fraction of sp³-hybridized carbons (Fsp3) is 0.667. The molecule has 0 unspecified atom stereocenters. The fourth-order valence-corrected chi connectivity index (χ4v) is 1.08. The van der Waals surface area contributed by atoms with E-state index in [1.165, 1.54) is 0 Å². The summed E-state index contributed by atoms with van der Waals surface area (Å²) in [5.74, 6) is 0. The van der Waals surface area contributed by atoms with E-state index in [1.54, 1.807) is 13.1 Å². The maximum atomic E-state index is 11.3. The number of carbonyl (C=O) groups is 1. The molecule has 1 N–H and O–H groups in total. The molecular formula is C9H16N4O. The Morgan fingerprint density at radius 1 is 1.57 bits per heavy atom. The second kappa shape index (κ2) is 5.36. The molecule has 1 heterocycles. The Labute approximate surface area is 83.5 Å². The number of rotatable bonds is 4. The van der Waals surface area contributed by atoms with Crippen LogP contribution in [-0.2, 0) is 0 Å². The summed E-state index contributed by atoms with van der Waals surface area (Å²) in [6.07, 6.45) is 4.84. The van der Waals surface area contributed by atoms with Crippen LogP contribution in [0.15, 0.2) is 6.20 Å². The quantitative estimate of drug-likeness (QED) is 0.739. The molecule has 1 rings (SSSR count). The molecule has 0 fully saturated rings. The minimum Gasteiger partial charge on any atom is -0.335 e. The van der Waals surface area contributed by atoms with Crippen LogP contribution in [0, 0.1) is 6.92 Å². The van der Waals surface area contributed by atoms with Crippen molar-refractivity contribution in [3.8, 4) is 0 Å². The van der Waals surface area contributed by atoms with Crippen molar-refractivity contribution >= 4 is 6.03 Å². The van der Waals surface area contributed by atoms with Crippen molar-refractivity contribution in [3.63, 3.8) is 0 Å². The van der Waals surface area contributed by atoms with E-state index < -0.39 is 0 Å². The monoisotopic (exact) mass is 196 g/mol. The molecule has 0 aliphatic carbocycles. The number of unbranched alkanes of at least 4 members (excludes halogenated alkanes) is 2. The third-order valence-electron chi connectivity index (χ3n) is 1.84. The summed E-state index contributed by atoms with van der Waals surface area (Å²) < 4.78 is 0. The molecule has 0 spiro atoms. The van der Waals surface area contributed by atoms with Gasteiger partial charge in [-0.15, -0.1) is 5.10 Å². The van der Waals surface area contributed by atoms with Crippen LogP contribution >= 0.6 is 0 Å². The van der Waals surface area contributed by atoms with Crippen molar-refractivity contribution in [2.75, 3.05) is 6.54 Å². The van der Waals surface area contributed by atoms with Crippen molar-refractivity contribution in [2.45, 2.75) is 33.1 Å². The van der Waals surface area contributed by atoms with Crippen molar-refractivity contribution in [1.29, 1.82) is 0 Å². The van der Waals surface area contributed by atoms with Gasteiger partial charge in [-0.25, -0.2) is 4.79 Å². The summed E-state index contributed by atoms with van der Waals surface area (Å²) in [6, 6.07) is -0.255. The first kappa shape index (κ1) is 10.7. The Hall–Kier alpha value is -1.39. The molecule has 78 valence electrons. The van der Waals surface area contributed by atoms with Gasteiger partial charge in [0.15, 0.2) is 0 Å². The molecule has 5 nitrogen and oxygen atoms in total. The number of aryl methyl sites for hydroxylation is 1. The summed E-state index contributed by atoms with van der Waals surface area (Å²) in [4.78, 5) is 12.4. The van der Waals surface area contributed by atoms with Crippen molar-refractivity contribution in [2.24, 2.45) is 0 Å². The maximum absolute atomic E-state index is 11.3. The minimum atomic E-state index is -0.255. The number of nitrogens with zero attached hydrogens (tertiary/aromatic N) is 3. The van der Waals surface area contributed by atoms with Crippen LogP contribution in [0.25, 0.3) is 0 Å². The van der Waals surface area contributed by atoms with Gasteiger partial charge in [0.2, 0.25) is 0 Å². The normalized spacial score (nSPS) is 10.1. The van der Waals surface area contributed by atoms with E-state index >= 15 is 0 Å². The summed E-state index contributed by atoms with van der Waals surface area (Å²) in [7, 11) is 0. The number of hydrogen-bond acceptors (Lipinski definition) is 3. The van der Waals surface area contributed by atoms with E-state index in [2.05, 4.69) is 22.4 Å². The zero-order valence-electron chi connectivity index (χ0n) is 8.66. The van der Waals surface area contributed by atoms with Crippen LogP contribution in [0.5, 0.6) is 0 Å². The highest BCUT2D eigenvalue weighted by Crippen LogP contribution is 1.92. The summed E-state index contributed by atoms with van der Waals surface area (Å²) in [5, 5.41) is 10.5. The van der Waals surface area contributed by atoms with Crippen molar-refractivity contribution in [3.05, 3.63) is 11.9 Å². The Bertz CT molecular complexity index is 295. The average molecular weight is 196 g/mol. The molecule has 0 aliphatic heterocycles. The molecule has 0 saturated heterocycles. The lowest BCUT2D eigenvalue weighted by atomic mass is 10.2. The summed E-state index contributed by atoms with van der Waals surface area (Å²) in [5.41, 5.74) is 0.744. The van der Waals surface area contributed by atoms with E-state index in [1.807, 2.05) is 0 Å². The number of carbonyl (C=O) groups excluding carboxylic acids is 1. The molecule has 0 saturated carbocycles. The van der Waals surface area contributed by atoms with Gasteiger partial charge in [-0.2, -0.15) is 5.10 Å². The van der Waals surface area contributed by atoms with E-state index in [0.29, 0.717) is 6.54 Å². The first-order chi connectivity index (χ1) is 6.74. The molecule has 1 amide bonds. The van der Waals surface area contributed by atoms with Crippen LogP contribution in [-0.4, -0.2) is 27.6 Å². The number of aromatic nitrogens is 3. The first-order valence-corrected chi connectivity index (χ1v) is 4.91. The van der Waals surface area contributed by atoms with E-state index in [0.717, 1.165) is 29.8 Å². The van der Waals surface area contributed by atoms with Gasteiger partial charge in [0.25, 0.3) is 0 Å². The maximum Gasteiger partial charge on any atom is 0.359 e. The van der Waals surface area contributed by atoms with Gasteiger partial charge in [0, 0.05) is 6.54 Å². The highest BCUT2D eigenvalue weighted by molar-refractivity contribution is 5.74. The topological polar surface area (TPSA) is 59.8 Å². The van der Waals surface area contributed by atoms with Crippen LogP contribution < -0.4 is 5.32 Å². The van der Waals surface area contributed by atoms with Crippen LogP contribution in [0.2, 0.25) is 0 Å². The van der Waals surface area contributed by atoms with Gasteiger partial charge in [0.05, 0.1) is 11.9 Å². The molecule has 0 aliphatic rings. The lowest BCUT2D eigenvalue weighted by molar-refractivity contribution is 0.235. The molecular weight excluding hydrogens is 180 g/mol. The SMILES string of the molecule is CCCCCNC(=O)n1ncc(C)n1. The third-order valence-corrected chi connectivity index (χ3v) is 1.84. The molecule has 1 aromatic rings. The van der Waals surface area contributed by atoms with E-state index in [4.69, 9.17) is 0 Å². The Kier molecular flexibility index (Phi) is 4.10. The molecule has 1 aromatic heterocycles. The van der Waals surface area contributed by atoms with Crippen LogP contribution in [0.1, 0.15) is 31.9 Å². The first-order valence-electron chi connectivity index (χ1n) is 4.91. The Morgan fingerprint density at radius 2 is 2.36 bits per heavy atom. The molecule has 0 atom stereocenters. The van der Waals surface area contributed by atoms with E-state index in [-0.39, 0.29) is 6.03 Å². The number of nitrogens with one attached hydrogen (secondary N) is 1. The fourth-order valence-electron chi connectivity index (χ4n) is 1.08.